The van der Waals surface area contributed by atoms with Gasteiger partial charge in [0.25, 0.3) is 0 Å². The smallest absolute Gasteiger partial charge is 0.416 e. The van der Waals surface area contributed by atoms with E-state index < -0.39 is 18.8 Å². The van der Waals surface area contributed by atoms with Crippen LogP contribution in [0.15, 0.2) is 39.7 Å². The standard InChI is InChI=1S/C15H18F3N3O2.HI/c1-9(12-7-10-5-3-4-6-11(10)23-12)21-14(19-2)20-8-13(22)15(16,17)18;/h3-7,9,13,22H,8H2,1-2H3,(H2,19,20,21);1H. The van der Waals surface area contributed by atoms with Gasteiger partial charge in [0, 0.05) is 12.4 Å². The predicted octanol–water partition coefficient (Wildman–Crippen LogP) is 3.20. The number of halogens is 4. The minimum Gasteiger partial charge on any atom is -0.459 e. The number of aliphatic hydroxyl groups excluding tert-OH is 1. The summed E-state index contributed by atoms with van der Waals surface area (Å²) in [6, 6.07) is 9.02. The van der Waals surface area contributed by atoms with Crippen molar-refractivity contribution in [3.8, 4) is 0 Å². The Morgan fingerprint density at radius 2 is 2.00 bits per heavy atom. The molecule has 3 N–H and O–H groups in total. The van der Waals surface area contributed by atoms with Crippen LogP contribution in [0.3, 0.4) is 0 Å². The highest BCUT2D eigenvalue weighted by Crippen LogP contribution is 2.23. The highest BCUT2D eigenvalue weighted by atomic mass is 127. The molecule has 0 spiro atoms. The highest BCUT2D eigenvalue weighted by Gasteiger charge is 2.38. The SMILES string of the molecule is CN=C(NCC(O)C(F)(F)F)NC(C)c1cc2ccccc2o1.I. The van der Waals surface area contributed by atoms with Gasteiger partial charge in [-0.05, 0) is 19.1 Å². The number of nitrogens with one attached hydrogen (secondary N) is 2. The lowest BCUT2D eigenvalue weighted by molar-refractivity contribution is -0.201. The van der Waals surface area contributed by atoms with Crippen molar-refractivity contribution >= 4 is 40.9 Å². The zero-order chi connectivity index (χ0) is 17.0. The molecule has 2 aromatic rings. The minimum atomic E-state index is -4.67. The second-order valence-electron chi connectivity index (χ2n) is 5.06. The molecule has 0 aliphatic rings. The van der Waals surface area contributed by atoms with Crippen LogP contribution >= 0.6 is 24.0 Å². The van der Waals surface area contributed by atoms with Crippen molar-refractivity contribution in [3.05, 3.63) is 36.1 Å². The number of hydrogen-bond donors (Lipinski definition) is 3. The first-order chi connectivity index (χ1) is 10.8. The monoisotopic (exact) mass is 457 g/mol. The van der Waals surface area contributed by atoms with Gasteiger partial charge in [0.1, 0.15) is 11.3 Å². The molecule has 2 unspecified atom stereocenters. The molecule has 1 aromatic carbocycles. The quantitative estimate of drug-likeness (QED) is 0.375. The van der Waals surface area contributed by atoms with E-state index in [1.54, 1.807) is 6.92 Å². The average Bonchev–Trinajstić information content (AvgIpc) is 2.94. The molecule has 0 saturated heterocycles. The first-order valence-corrected chi connectivity index (χ1v) is 7.01. The van der Waals surface area contributed by atoms with E-state index in [9.17, 15) is 13.2 Å². The molecule has 24 heavy (non-hydrogen) atoms. The van der Waals surface area contributed by atoms with E-state index in [1.807, 2.05) is 30.3 Å². The van der Waals surface area contributed by atoms with Gasteiger partial charge in [0.05, 0.1) is 12.6 Å². The van der Waals surface area contributed by atoms with Crippen LogP contribution in [0.5, 0.6) is 0 Å². The summed E-state index contributed by atoms with van der Waals surface area (Å²) in [6.45, 7) is 1.11. The summed E-state index contributed by atoms with van der Waals surface area (Å²) in [5, 5.41) is 15.3. The molecule has 5 nitrogen and oxygen atoms in total. The van der Waals surface area contributed by atoms with Gasteiger partial charge in [-0.3, -0.25) is 4.99 Å². The number of aliphatic imine (C=N–C) groups is 1. The summed E-state index contributed by atoms with van der Waals surface area (Å²) in [6.07, 6.45) is -7.13. The summed E-state index contributed by atoms with van der Waals surface area (Å²) in [7, 11) is 1.43. The molecule has 0 saturated carbocycles. The maximum Gasteiger partial charge on any atom is 0.416 e. The summed E-state index contributed by atoms with van der Waals surface area (Å²) < 4.78 is 42.5. The molecule has 0 aliphatic heterocycles. The van der Waals surface area contributed by atoms with Crippen molar-refractivity contribution < 1.29 is 22.7 Å². The lowest BCUT2D eigenvalue weighted by atomic mass is 10.2. The Hall–Kier alpha value is -1.49. The molecule has 0 amide bonds. The lowest BCUT2D eigenvalue weighted by Crippen LogP contribution is -2.45. The molecule has 134 valence electrons. The van der Waals surface area contributed by atoms with Gasteiger partial charge in [0.15, 0.2) is 12.1 Å². The maximum atomic E-state index is 12.3. The van der Waals surface area contributed by atoms with Crippen LogP contribution in [0.25, 0.3) is 11.0 Å². The minimum absolute atomic E-state index is 0. The molecule has 0 aliphatic carbocycles. The Balaban J connectivity index is 0.00000288. The number of alkyl halides is 3. The van der Waals surface area contributed by atoms with Gasteiger partial charge in [-0.2, -0.15) is 13.2 Å². The number of benzene rings is 1. The molecular weight excluding hydrogens is 438 g/mol. The maximum absolute atomic E-state index is 12.3. The Bertz CT molecular complexity index is 655. The summed E-state index contributed by atoms with van der Waals surface area (Å²) in [5.74, 6) is 0.770. The van der Waals surface area contributed by atoms with E-state index in [0.29, 0.717) is 5.76 Å². The van der Waals surface area contributed by atoms with Crippen LogP contribution in [-0.2, 0) is 0 Å². The lowest BCUT2D eigenvalue weighted by Gasteiger charge is -2.19. The van der Waals surface area contributed by atoms with E-state index in [-0.39, 0.29) is 36.0 Å². The van der Waals surface area contributed by atoms with Crippen LogP contribution in [0, 0.1) is 0 Å². The molecule has 1 aromatic heterocycles. The molecular formula is C15H19F3IN3O2. The number of aliphatic hydroxyl groups is 1. The summed E-state index contributed by atoms with van der Waals surface area (Å²) >= 11 is 0. The van der Waals surface area contributed by atoms with E-state index in [2.05, 4.69) is 15.6 Å². The number of hydrogen-bond acceptors (Lipinski definition) is 3. The van der Waals surface area contributed by atoms with Gasteiger partial charge >= 0.3 is 6.18 Å². The normalized spacial score (nSPS) is 14.8. The number of nitrogens with zero attached hydrogens (tertiary/aromatic N) is 1. The number of para-hydroxylation sites is 1. The second kappa shape index (κ2) is 8.56. The Morgan fingerprint density at radius 1 is 1.33 bits per heavy atom. The van der Waals surface area contributed by atoms with Gasteiger partial charge in [-0.15, -0.1) is 24.0 Å². The van der Waals surface area contributed by atoms with E-state index in [0.717, 1.165) is 11.0 Å². The van der Waals surface area contributed by atoms with Crippen molar-refractivity contribution in [2.75, 3.05) is 13.6 Å². The van der Waals surface area contributed by atoms with Crippen molar-refractivity contribution in [1.29, 1.82) is 0 Å². The van der Waals surface area contributed by atoms with E-state index in [1.165, 1.54) is 7.05 Å². The van der Waals surface area contributed by atoms with Crippen LogP contribution in [-0.4, -0.2) is 36.9 Å². The third-order valence-corrected chi connectivity index (χ3v) is 3.29. The first-order valence-electron chi connectivity index (χ1n) is 7.01. The molecule has 0 radical (unpaired) electrons. The highest BCUT2D eigenvalue weighted by molar-refractivity contribution is 14.0. The van der Waals surface area contributed by atoms with Crippen molar-refractivity contribution in [3.63, 3.8) is 0 Å². The fourth-order valence-electron chi connectivity index (χ4n) is 2.00. The number of rotatable bonds is 4. The van der Waals surface area contributed by atoms with Crippen molar-refractivity contribution in [2.24, 2.45) is 4.99 Å². The van der Waals surface area contributed by atoms with Gasteiger partial charge in [0.2, 0.25) is 0 Å². The van der Waals surface area contributed by atoms with Crippen LogP contribution in [0.4, 0.5) is 13.2 Å². The summed E-state index contributed by atoms with van der Waals surface area (Å²) in [5.41, 5.74) is 0.728. The van der Waals surface area contributed by atoms with Gasteiger partial charge in [-0.25, -0.2) is 0 Å². The largest absolute Gasteiger partial charge is 0.459 e. The summed E-state index contributed by atoms with van der Waals surface area (Å²) in [4.78, 5) is 3.84. The van der Waals surface area contributed by atoms with Gasteiger partial charge in [-0.1, -0.05) is 18.2 Å². The number of fused-ring (bicyclic) bond motifs is 1. The molecule has 2 atom stereocenters. The van der Waals surface area contributed by atoms with Crippen LogP contribution in [0.2, 0.25) is 0 Å². The van der Waals surface area contributed by atoms with E-state index in [4.69, 9.17) is 9.52 Å². The zero-order valence-corrected chi connectivity index (χ0v) is 15.4. The fraction of sp³-hybridized carbons (Fsp3) is 0.400. The van der Waals surface area contributed by atoms with E-state index >= 15 is 0 Å². The Kier molecular flexibility index (Phi) is 7.33. The first kappa shape index (κ1) is 20.6. The van der Waals surface area contributed by atoms with Crippen molar-refractivity contribution in [2.45, 2.75) is 25.2 Å². The molecule has 9 heteroatoms. The fourth-order valence-corrected chi connectivity index (χ4v) is 2.00. The third kappa shape index (κ3) is 5.26. The second-order valence-corrected chi connectivity index (χ2v) is 5.06. The molecule has 2 rings (SSSR count). The molecule has 0 fully saturated rings. The van der Waals surface area contributed by atoms with Gasteiger partial charge < -0.3 is 20.2 Å². The predicted molar refractivity (Wildman–Crippen MR) is 96.6 cm³/mol. The third-order valence-electron chi connectivity index (χ3n) is 3.29. The average molecular weight is 457 g/mol. The Labute approximate surface area is 154 Å². The Morgan fingerprint density at radius 3 is 2.58 bits per heavy atom. The zero-order valence-electron chi connectivity index (χ0n) is 13.1. The topological polar surface area (TPSA) is 69.8 Å². The molecule has 0 bridgehead atoms. The van der Waals surface area contributed by atoms with Crippen LogP contribution in [0.1, 0.15) is 18.7 Å². The molecule has 1 heterocycles. The van der Waals surface area contributed by atoms with Crippen molar-refractivity contribution in [1.82, 2.24) is 10.6 Å². The number of furan rings is 1. The van der Waals surface area contributed by atoms with Crippen LogP contribution < -0.4 is 10.6 Å². The number of guanidine groups is 1.